The molecule has 4 nitrogen and oxygen atoms in total. The highest BCUT2D eigenvalue weighted by Gasteiger charge is 2.43. The molecule has 1 atom stereocenters. The molecular formula is C19H24ClN3OS. The van der Waals surface area contributed by atoms with E-state index in [2.05, 4.69) is 34.9 Å². The van der Waals surface area contributed by atoms with Crippen LogP contribution in [0.4, 0.5) is 0 Å². The minimum Gasteiger partial charge on any atom is -0.386 e. The third kappa shape index (κ3) is 4.75. The highest BCUT2D eigenvalue weighted by Crippen LogP contribution is 2.48. The van der Waals surface area contributed by atoms with Crippen LogP contribution in [0.1, 0.15) is 36.3 Å². The maximum Gasteiger partial charge on any atom is 0.191 e. The van der Waals surface area contributed by atoms with Crippen LogP contribution in [0.3, 0.4) is 0 Å². The third-order valence-corrected chi connectivity index (χ3v) is 5.84. The zero-order valence-electron chi connectivity index (χ0n) is 14.3. The Bertz CT molecular complexity index is 712. The van der Waals surface area contributed by atoms with Gasteiger partial charge in [0.05, 0.1) is 10.9 Å². The van der Waals surface area contributed by atoms with Crippen LogP contribution in [0, 0.1) is 0 Å². The van der Waals surface area contributed by atoms with Gasteiger partial charge in [-0.25, -0.2) is 0 Å². The molecule has 0 amide bonds. The number of aliphatic hydroxyl groups is 1. The van der Waals surface area contributed by atoms with E-state index in [1.165, 1.54) is 29.7 Å². The van der Waals surface area contributed by atoms with Crippen molar-refractivity contribution >= 4 is 28.9 Å². The molecule has 3 rings (SSSR count). The van der Waals surface area contributed by atoms with Gasteiger partial charge >= 0.3 is 0 Å². The summed E-state index contributed by atoms with van der Waals surface area (Å²) in [5, 5.41) is 16.8. The summed E-state index contributed by atoms with van der Waals surface area (Å²) in [6.07, 6.45) is 1.76. The number of nitrogens with zero attached hydrogens (tertiary/aromatic N) is 1. The first-order valence-corrected chi connectivity index (χ1v) is 9.83. The molecule has 6 heteroatoms. The summed E-state index contributed by atoms with van der Waals surface area (Å²) in [6.45, 7) is 3.98. The molecule has 0 saturated heterocycles. The first kappa shape index (κ1) is 18.2. The van der Waals surface area contributed by atoms with Gasteiger partial charge in [0, 0.05) is 23.4 Å². The van der Waals surface area contributed by atoms with E-state index in [0.717, 1.165) is 23.9 Å². The molecule has 0 spiro atoms. The quantitative estimate of drug-likeness (QED) is 0.509. The van der Waals surface area contributed by atoms with E-state index in [1.807, 2.05) is 19.1 Å². The molecule has 0 radical (unpaired) electrons. The van der Waals surface area contributed by atoms with E-state index in [-0.39, 0.29) is 5.41 Å². The van der Waals surface area contributed by atoms with Crippen LogP contribution in [0.25, 0.3) is 0 Å². The Morgan fingerprint density at radius 2 is 2.00 bits per heavy atom. The molecule has 1 aliphatic rings. The van der Waals surface area contributed by atoms with Crippen molar-refractivity contribution in [3.8, 4) is 0 Å². The minimum atomic E-state index is -0.592. The third-order valence-electron chi connectivity index (χ3n) is 4.51. The average molecular weight is 378 g/mol. The van der Waals surface area contributed by atoms with Crippen molar-refractivity contribution in [3.05, 3.63) is 57.2 Å². The predicted octanol–water partition coefficient (Wildman–Crippen LogP) is 3.72. The van der Waals surface area contributed by atoms with Crippen molar-refractivity contribution < 1.29 is 5.11 Å². The zero-order valence-corrected chi connectivity index (χ0v) is 15.9. The van der Waals surface area contributed by atoms with Gasteiger partial charge in [0.1, 0.15) is 6.10 Å². The number of guanidine groups is 1. The smallest absolute Gasteiger partial charge is 0.191 e. The molecule has 1 aromatic heterocycles. The molecule has 3 N–H and O–H groups in total. The van der Waals surface area contributed by atoms with Gasteiger partial charge in [-0.15, -0.1) is 11.3 Å². The second-order valence-electron chi connectivity index (χ2n) is 6.38. The standard InChI is InChI=1S/C19H24ClN3OS/c1-2-21-18(22-12-15(24)16-8-9-17(20)25-16)23-13-19(10-11-19)14-6-4-3-5-7-14/h3-9,15,24H,2,10-13H2,1H3,(H2,21,22,23). The summed E-state index contributed by atoms with van der Waals surface area (Å²) in [5.74, 6) is 0.742. The van der Waals surface area contributed by atoms with Crippen molar-refractivity contribution in [2.24, 2.45) is 4.99 Å². The number of hydrogen-bond donors (Lipinski definition) is 3. The van der Waals surface area contributed by atoms with Crippen LogP contribution < -0.4 is 10.6 Å². The number of aliphatic imine (C=N–C) groups is 1. The largest absolute Gasteiger partial charge is 0.386 e. The number of rotatable bonds is 7. The summed E-state index contributed by atoms with van der Waals surface area (Å²) < 4.78 is 0.688. The SMILES string of the molecule is CCNC(=NCC1(c2ccccc2)CC1)NCC(O)c1ccc(Cl)s1. The summed E-state index contributed by atoms with van der Waals surface area (Å²) in [6, 6.07) is 14.3. The fraction of sp³-hybridized carbons (Fsp3) is 0.421. The van der Waals surface area contributed by atoms with Crippen molar-refractivity contribution in [3.63, 3.8) is 0 Å². The summed E-state index contributed by atoms with van der Waals surface area (Å²) in [5.41, 5.74) is 1.55. The van der Waals surface area contributed by atoms with Crippen molar-refractivity contribution in [1.82, 2.24) is 10.6 Å². The van der Waals surface area contributed by atoms with Crippen LogP contribution >= 0.6 is 22.9 Å². The van der Waals surface area contributed by atoms with Crippen molar-refractivity contribution in [2.45, 2.75) is 31.3 Å². The van der Waals surface area contributed by atoms with Crippen LogP contribution in [0.5, 0.6) is 0 Å². The maximum atomic E-state index is 10.3. The van der Waals surface area contributed by atoms with Crippen molar-refractivity contribution in [2.75, 3.05) is 19.6 Å². The summed E-state index contributed by atoms with van der Waals surface area (Å²) in [4.78, 5) is 5.61. The summed E-state index contributed by atoms with van der Waals surface area (Å²) >= 11 is 7.33. The number of nitrogens with one attached hydrogen (secondary N) is 2. The molecule has 1 fully saturated rings. The molecule has 0 aliphatic heterocycles. The topological polar surface area (TPSA) is 56.7 Å². The van der Waals surface area contributed by atoms with Gasteiger partial charge in [-0.05, 0) is 37.5 Å². The lowest BCUT2D eigenvalue weighted by Crippen LogP contribution is -2.39. The molecule has 1 heterocycles. The number of halogens is 1. The molecule has 1 aromatic carbocycles. The molecule has 2 aromatic rings. The first-order chi connectivity index (χ1) is 12.1. The molecule has 0 bridgehead atoms. The Morgan fingerprint density at radius 1 is 1.24 bits per heavy atom. The normalized spacial score (nSPS) is 17.2. The van der Waals surface area contributed by atoms with Gasteiger partial charge in [-0.2, -0.15) is 0 Å². The van der Waals surface area contributed by atoms with Gasteiger partial charge in [0.2, 0.25) is 0 Å². The molecule has 25 heavy (non-hydrogen) atoms. The second-order valence-corrected chi connectivity index (χ2v) is 8.13. The monoisotopic (exact) mass is 377 g/mol. The Hall–Kier alpha value is -1.56. The van der Waals surface area contributed by atoms with Crippen LogP contribution in [-0.2, 0) is 5.41 Å². The Morgan fingerprint density at radius 3 is 2.60 bits per heavy atom. The Balaban J connectivity index is 1.60. The van der Waals surface area contributed by atoms with Gasteiger partial charge in [-0.1, -0.05) is 41.9 Å². The number of thiophene rings is 1. The Kier molecular flexibility index (Phi) is 5.99. The van der Waals surface area contributed by atoms with Crippen LogP contribution in [0.15, 0.2) is 47.5 Å². The lowest BCUT2D eigenvalue weighted by atomic mass is 9.96. The van der Waals surface area contributed by atoms with E-state index in [9.17, 15) is 5.11 Å². The minimum absolute atomic E-state index is 0.184. The second kappa shape index (κ2) is 8.21. The van der Waals surface area contributed by atoms with E-state index in [4.69, 9.17) is 16.6 Å². The molecule has 1 saturated carbocycles. The van der Waals surface area contributed by atoms with E-state index >= 15 is 0 Å². The van der Waals surface area contributed by atoms with Crippen LogP contribution in [-0.4, -0.2) is 30.7 Å². The first-order valence-electron chi connectivity index (χ1n) is 8.64. The number of hydrogen-bond acceptors (Lipinski definition) is 3. The van der Waals surface area contributed by atoms with Gasteiger partial charge in [0.15, 0.2) is 5.96 Å². The van der Waals surface area contributed by atoms with Gasteiger partial charge < -0.3 is 15.7 Å². The maximum absolute atomic E-state index is 10.3. The fourth-order valence-corrected chi connectivity index (χ4v) is 3.90. The van der Waals surface area contributed by atoms with Crippen LogP contribution in [0.2, 0.25) is 4.34 Å². The lowest BCUT2D eigenvalue weighted by molar-refractivity contribution is 0.184. The fourth-order valence-electron chi connectivity index (χ4n) is 2.85. The molecule has 1 unspecified atom stereocenters. The molecule has 134 valence electrons. The Labute approximate surface area is 158 Å². The number of benzene rings is 1. The average Bonchev–Trinajstić information content (AvgIpc) is 3.31. The lowest BCUT2D eigenvalue weighted by Gasteiger charge is -2.17. The van der Waals surface area contributed by atoms with E-state index in [0.29, 0.717) is 10.9 Å². The van der Waals surface area contributed by atoms with Gasteiger partial charge in [0.25, 0.3) is 0 Å². The van der Waals surface area contributed by atoms with E-state index in [1.54, 1.807) is 6.07 Å². The van der Waals surface area contributed by atoms with E-state index < -0.39 is 6.10 Å². The highest BCUT2D eigenvalue weighted by molar-refractivity contribution is 7.16. The van der Waals surface area contributed by atoms with Gasteiger partial charge in [-0.3, -0.25) is 4.99 Å². The number of aliphatic hydroxyl groups excluding tert-OH is 1. The predicted molar refractivity (Wildman–Crippen MR) is 106 cm³/mol. The zero-order chi connectivity index (χ0) is 17.7. The highest BCUT2D eigenvalue weighted by atomic mass is 35.5. The molecular weight excluding hydrogens is 354 g/mol. The molecule has 1 aliphatic carbocycles. The summed E-state index contributed by atoms with van der Waals surface area (Å²) in [7, 11) is 0. The van der Waals surface area contributed by atoms with Crippen molar-refractivity contribution in [1.29, 1.82) is 0 Å².